The maximum Gasteiger partial charge on any atom is 0.257 e. The first-order valence-corrected chi connectivity index (χ1v) is 15.6. The highest BCUT2D eigenvalue weighted by Crippen LogP contribution is 2.35. The summed E-state index contributed by atoms with van der Waals surface area (Å²) in [5.41, 5.74) is 9.43. The molecule has 0 spiro atoms. The molecule has 3 N–H and O–H groups in total. The zero-order chi connectivity index (χ0) is 31.6. The Morgan fingerprint density at radius 1 is 1.13 bits per heavy atom. The fourth-order valence-corrected chi connectivity index (χ4v) is 5.84. The van der Waals surface area contributed by atoms with E-state index in [-0.39, 0.29) is 12.6 Å². The molecule has 14 nitrogen and oxygen atoms in total. The molecule has 0 amide bonds. The molecule has 1 saturated carbocycles. The molecule has 242 valence electrons. The molecule has 1 saturated heterocycles. The van der Waals surface area contributed by atoms with Crippen LogP contribution in [0.15, 0.2) is 42.0 Å². The molecule has 45 heavy (non-hydrogen) atoms. The summed E-state index contributed by atoms with van der Waals surface area (Å²) in [4.78, 5) is 11.7. The van der Waals surface area contributed by atoms with Gasteiger partial charge in [0, 0.05) is 44.2 Å². The molecule has 0 radical (unpaired) electrons. The summed E-state index contributed by atoms with van der Waals surface area (Å²) in [6, 6.07) is 6.34. The van der Waals surface area contributed by atoms with Crippen molar-refractivity contribution in [1.29, 1.82) is 10.9 Å². The van der Waals surface area contributed by atoms with Crippen LogP contribution in [0.25, 0.3) is 11.1 Å². The van der Waals surface area contributed by atoms with Gasteiger partial charge in [0.15, 0.2) is 0 Å². The first-order valence-electron chi connectivity index (χ1n) is 15.2. The van der Waals surface area contributed by atoms with E-state index in [9.17, 15) is 0 Å². The number of aromatic nitrogens is 4. The van der Waals surface area contributed by atoms with E-state index in [1.807, 2.05) is 29.9 Å². The normalized spacial score (nSPS) is 19.4. The van der Waals surface area contributed by atoms with E-state index in [0.29, 0.717) is 53.6 Å². The smallest absolute Gasteiger partial charge is 0.257 e. The predicted octanol–water partition coefficient (Wildman–Crippen LogP) is 5.20. The zero-order valence-corrected chi connectivity index (χ0v) is 26.4. The van der Waals surface area contributed by atoms with E-state index in [0.717, 1.165) is 74.5 Å². The highest BCUT2D eigenvalue weighted by molar-refractivity contribution is 6.32. The summed E-state index contributed by atoms with van der Waals surface area (Å²) in [7, 11) is 1.64. The minimum absolute atomic E-state index is 0.237. The second-order valence-corrected chi connectivity index (χ2v) is 11.5. The van der Waals surface area contributed by atoms with E-state index in [1.165, 1.54) is 0 Å². The van der Waals surface area contributed by atoms with Crippen molar-refractivity contribution in [2.75, 3.05) is 58.5 Å². The highest BCUT2D eigenvalue weighted by Gasteiger charge is 2.29. The number of rotatable bonds is 15. The largest absolute Gasteiger partial charge is 0.487 e. The van der Waals surface area contributed by atoms with Crippen molar-refractivity contribution in [3.05, 3.63) is 41.8 Å². The lowest BCUT2D eigenvalue weighted by atomic mass is 9.90. The van der Waals surface area contributed by atoms with Crippen molar-refractivity contribution in [3.63, 3.8) is 0 Å². The molecule has 3 heterocycles. The van der Waals surface area contributed by atoms with Gasteiger partial charge in [0.05, 0.1) is 43.6 Å². The van der Waals surface area contributed by atoms with E-state index < -0.39 is 0 Å². The Labute approximate surface area is 268 Å². The monoisotopic (exact) mass is 640 g/mol. The molecular formula is C30H41ClN10O4. The van der Waals surface area contributed by atoms with Crippen molar-refractivity contribution >= 4 is 29.6 Å². The van der Waals surface area contributed by atoms with Crippen molar-refractivity contribution < 1.29 is 18.9 Å². The second kappa shape index (κ2) is 15.9. The first-order chi connectivity index (χ1) is 22.0. The lowest BCUT2D eigenvalue weighted by Crippen LogP contribution is -2.45. The average Bonchev–Trinajstić information content (AvgIpc) is 3.47. The van der Waals surface area contributed by atoms with Gasteiger partial charge in [0.25, 0.3) is 5.88 Å². The Morgan fingerprint density at radius 2 is 1.87 bits per heavy atom. The number of nitrogens with one attached hydrogen (secondary N) is 3. The standard InChI is InChI=1S/C30H41ClN10O4/c1-21(18-40(20-32)38-33)45-28-15-22(3-8-26(28)31)23-16-34-30(35-17-23)36-27-19-41(37-29(27)44-14-13-42-2)25-6-4-24(5-7-25)39-9-11-43-12-10-39/h3,8,15-17,19-21,24-25,32-33H,4-7,9-14,18H2,1-2H3,(H,34,35,36)/t21-,24-,25-/m0/s1. The Hall–Kier alpha value is -3.85. The zero-order valence-electron chi connectivity index (χ0n) is 25.7. The summed E-state index contributed by atoms with van der Waals surface area (Å²) >= 11 is 6.39. The van der Waals surface area contributed by atoms with Crippen LogP contribution in [0.4, 0.5) is 11.6 Å². The van der Waals surface area contributed by atoms with Crippen LogP contribution in [0.5, 0.6) is 11.6 Å². The molecule has 0 bridgehead atoms. The maximum absolute atomic E-state index is 7.31. The van der Waals surface area contributed by atoms with Gasteiger partial charge in [-0.25, -0.2) is 15.0 Å². The Bertz CT molecular complexity index is 1390. The second-order valence-electron chi connectivity index (χ2n) is 11.1. The predicted molar refractivity (Wildman–Crippen MR) is 170 cm³/mol. The Balaban J connectivity index is 1.25. The van der Waals surface area contributed by atoms with Crippen LogP contribution < -0.4 is 14.8 Å². The van der Waals surface area contributed by atoms with Gasteiger partial charge in [-0.1, -0.05) is 22.9 Å². The topological polar surface area (TPSA) is 159 Å². The molecule has 15 heteroatoms. The molecule has 1 atom stereocenters. The van der Waals surface area contributed by atoms with Gasteiger partial charge in [-0.3, -0.25) is 15.0 Å². The molecule has 2 fully saturated rings. The molecule has 0 unspecified atom stereocenters. The molecular weight excluding hydrogens is 600 g/mol. The number of morpholine rings is 1. The fourth-order valence-electron chi connectivity index (χ4n) is 5.68. The number of hydrogen-bond acceptors (Lipinski definition) is 12. The SMILES string of the molecule is COCCOc1nn([C@H]2CC[C@H](N3CCOCC3)CC2)cc1Nc1ncc(-c2ccc(Cl)c(O[C@@H](C)CN(C=N)N=N)c2)cn1. The number of benzene rings is 1. The number of halogens is 1. The van der Waals surface area contributed by atoms with Crippen LogP contribution >= 0.6 is 11.6 Å². The number of anilines is 2. The lowest BCUT2D eigenvalue weighted by molar-refractivity contribution is 0.00502. The minimum Gasteiger partial charge on any atom is -0.487 e. The van der Waals surface area contributed by atoms with Crippen LogP contribution in [0, 0.1) is 10.9 Å². The third-order valence-electron chi connectivity index (χ3n) is 8.04. The van der Waals surface area contributed by atoms with Gasteiger partial charge in [0.1, 0.15) is 30.5 Å². The molecule has 2 aromatic heterocycles. The number of hydrogen-bond donors (Lipinski definition) is 3. The molecule has 3 aromatic rings. The van der Waals surface area contributed by atoms with Gasteiger partial charge < -0.3 is 24.3 Å². The van der Waals surface area contributed by atoms with Gasteiger partial charge in [0.2, 0.25) is 5.95 Å². The van der Waals surface area contributed by atoms with Crippen LogP contribution in [0.3, 0.4) is 0 Å². The van der Waals surface area contributed by atoms with Gasteiger partial charge in [-0.05, 0) is 50.3 Å². The van der Waals surface area contributed by atoms with Crippen molar-refractivity contribution in [2.24, 2.45) is 5.22 Å². The van der Waals surface area contributed by atoms with Crippen molar-refractivity contribution in [2.45, 2.75) is 50.8 Å². The molecule has 1 aliphatic carbocycles. The molecule has 5 rings (SSSR count). The molecule has 1 aromatic carbocycles. The quantitative estimate of drug-likeness (QED) is 0.0662. The minimum atomic E-state index is -0.364. The summed E-state index contributed by atoms with van der Waals surface area (Å²) in [5, 5.41) is 20.3. The van der Waals surface area contributed by atoms with Crippen molar-refractivity contribution in [3.8, 4) is 22.8 Å². The summed E-state index contributed by atoms with van der Waals surface area (Å²) in [6.45, 7) is 6.57. The summed E-state index contributed by atoms with van der Waals surface area (Å²) in [6.07, 6.45) is 10.4. The van der Waals surface area contributed by atoms with Gasteiger partial charge >= 0.3 is 0 Å². The molecule has 2 aliphatic rings. The van der Waals surface area contributed by atoms with E-state index >= 15 is 0 Å². The summed E-state index contributed by atoms with van der Waals surface area (Å²) < 4.78 is 24.7. The van der Waals surface area contributed by atoms with Crippen LogP contribution in [0.1, 0.15) is 38.6 Å². The van der Waals surface area contributed by atoms with Gasteiger partial charge in [-0.2, -0.15) is 5.53 Å². The van der Waals surface area contributed by atoms with Crippen LogP contribution in [-0.2, 0) is 9.47 Å². The van der Waals surface area contributed by atoms with Crippen molar-refractivity contribution in [1.82, 2.24) is 29.7 Å². The lowest BCUT2D eigenvalue weighted by Gasteiger charge is -2.38. The number of nitrogens with zero attached hydrogens (tertiary/aromatic N) is 7. The van der Waals surface area contributed by atoms with Crippen LogP contribution in [-0.4, -0.2) is 101 Å². The Morgan fingerprint density at radius 3 is 2.56 bits per heavy atom. The Kier molecular flexibility index (Phi) is 11.5. The maximum atomic E-state index is 7.31. The number of methoxy groups -OCH3 is 1. The average molecular weight is 641 g/mol. The van der Waals surface area contributed by atoms with Crippen LogP contribution in [0.2, 0.25) is 5.02 Å². The van der Waals surface area contributed by atoms with E-state index in [2.05, 4.69) is 25.4 Å². The number of ether oxygens (including phenoxy) is 4. The van der Waals surface area contributed by atoms with E-state index in [4.69, 9.17) is 46.6 Å². The third kappa shape index (κ3) is 8.66. The highest BCUT2D eigenvalue weighted by atomic mass is 35.5. The molecule has 1 aliphatic heterocycles. The van der Waals surface area contributed by atoms with Gasteiger partial charge in [-0.15, -0.1) is 5.10 Å². The fraction of sp³-hybridized carbons (Fsp3) is 0.533. The summed E-state index contributed by atoms with van der Waals surface area (Å²) in [5.74, 6) is 1.38. The first kappa shape index (κ1) is 32.5. The third-order valence-corrected chi connectivity index (χ3v) is 8.35. The van der Waals surface area contributed by atoms with E-state index in [1.54, 1.807) is 25.6 Å².